The van der Waals surface area contributed by atoms with E-state index in [1.54, 1.807) is 11.8 Å². The zero-order chi connectivity index (χ0) is 55.7. The van der Waals surface area contributed by atoms with Crippen molar-refractivity contribution in [2.24, 2.45) is 56.5 Å². The highest BCUT2D eigenvalue weighted by atomic mass is 16.6. The second-order valence-electron chi connectivity index (χ2n) is 26.3. The van der Waals surface area contributed by atoms with Crippen molar-refractivity contribution < 1.29 is 34.1 Å². The highest BCUT2D eigenvalue weighted by Crippen LogP contribution is 2.47. The average molecular weight is 1050 g/mol. The fourth-order valence-corrected chi connectivity index (χ4v) is 13.0. The first-order valence-electron chi connectivity index (χ1n) is 28.1. The van der Waals surface area contributed by atoms with E-state index in [0.717, 1.165) is 83.5 Å². The summed E-state index contributed by atoms with van der Waals surface area (Å²) in [5, 5.41) is 37.7. The summed E-state index contributed by atoms with van der Waals surface area (Å²) in [4.78, 5) is 59.9. The summed E-state index contributed by atoms with van der Waals surface area (Å²) in [5.74, 6) is 1.70. The van der Waals surface area contributed by atoms with Crippen LogP contribution in [-0.2, 0) is 9.47 Å². The maximum atomic E-state index is 13.5. The minimum atomic E-state index is -1.10. The molecule has 10 atom stereocenters. The van der Waals surface area contributed by atoms with Crippen molar-refractivity contribution in [1.82, 2.24) is 41.5 Å². The molecule has 2 saturated carbocycles. The summed E-state index contributed by atoms with van der Waals surface area (Å²) in [6.45, 7) is 32.9. The van der Waals surface area contributed by atoms with Gasteiger partial charge in [0, 0.05) is 56.6 Å². The van der Waals surface area contributed by atoms with Gasteiger partial charge in [-0.15, -0.1) is 0 Å². The minimum Gasteiger partial charge on any atom is -0.450 e. The number of carbonyl (C=O) groups excluding carboxylic acids is 3. The lowest BCUT2D eigenvalue weighted by Crippen LogP contribution is -2.58. The van der Waals surface area contributed by atoms with E-state index in [-0.39, 0.29) is 81.4 Å². The van der Waals surface area contributed by atoms with Gasteiger partial charge in [0.05, 0.1) is 13.2 Å². The van der Waals surface area contributed by atoms with E-state index < -0.39 is 18.7 Å². The van der Waals surface area contributed by atoms with Crippen LogP contribution in [-0.4, -0.2) is 114 Å². The molecule has 1 heterocycles. The van der Waals surface area contributed by atoms with Crippen LogP contribution in [0.25, 0.3) is 0 Å². The third kappa shape index (κ3) is 23.7. The van der Waals surface area contributed by atoms with Crippen LogP contribution in [0.15, 0.2) is 10.9 Å². The monoisotopic (exact) mass is 1050 g/mol. The Hall–Kier alpha value is -3.71. The number of anilines is 1. The zero-order valence-electron chi connectivity index (χ0n) is 48.7. The van der Waals surface area contributed by atoms with Crippen molar-refractivity contribution in [3.05, 3.63) is 22.1 Å². The second-order valence-corrected chi connectivity index (χ2v) is 26.3. The van der Waals surface area contributed by atoms with Gasteiger partial charge in [0.25, 0.3) is 5.56 Å². The number of aliphatic hydroxyl groups excluding tert-OH is 2. The van der Waals surface area contributed by atoms with Gasteiger partial charge in [-0.05, 0) is 148 Å². The fraction of sp³-hybridized carbons (Fsp3) is 0.875. The molecule has 11 N–H and O–H groups in total. The summed E-state index contributed by atoms with van der Waals surface area (Å²) in [6.07, 6.45) is 10.8. The topological polar surface area (TPSA) is 257 Å². The Morgan fingerprint density at radius 1 is 0.946 bits per heavy atom. The van der Waals surface area contributed by atoms with Crippen molar-refractivity contribution in [3.63, 3.8) is 0 Å². The molecule has 1 aromatic rings. The van der Waals surface area contributed by atoms with Crippen LogP contribution in [0.4, 0.5) is 20.3 Å². The number of rotatable bonds is 30. The molecule has 18 nitrogen and oxygen atoms in total. The highest BCUT2D eigenvalue weighted by molar-refractivity contribution is 5.74. The van der Waals surface area contributed by atoms with Crippen molar-refractivity contribution in [3.8, 4) is 0 Å². The quantitative estimate of drug-likeness (QED) is 0.0323. The standard InChI is InChI=1S/C56H106N10O8/c1-16-40(21-24-74-51(72)66(15)44-26-41(29-53(8,9)33-44)34-58-48(69)65-47-61-39(5)25-45(68)63-47)28-52(6,7)30-42(17-2)55(12,13)27-37(3)20-23-73-50(71)62-43-31-54(10,11)35-56(14,32-43)36-59-49(70)64-46(57)60-38(4)19-18-22-67/h25,37-38,40-44,46,48,58,60,67,69H,16-24,26-36,57H2,1-15H3,(H,62,71)(H2,59,64,70)(H2,61,63,65,68). The Bertz CT molecular complexity index is 1930. The molecule has 0 bridgehead atoms. The van der Waals surface area contributed by atoms with Crippen molar-refractivity contribution >= 4 is 24.2 Å². The van der Waals surface area contributed by atoms with Gasteiger partial charge in [-0.25, -0.2) is 19.4 Å². The number of nitrogens with one attached hydrogen (secondary N) is 7. The molecular formula is C56H106N10O8. The largest absolute Gasteiger partial charge is 0.450 e. The van der Waals surface area contributed by atoms with E-state index in [1.807, 2.05) is 14.0 Å². The first-order chi connectivity index (χ1) is 34.4. The number of amides is 4. The van der Waals surface area contributed by atoms with Gasteiger partial charge < -0.3 is 45.9 Å². The lowest BCUT2D eigenvalue weighted by atomic mass is 9.62. The van der Waals surface area contributed by atoms with Crippen LogP contribution < -0.4 is 43.2 Å². The molecule has 74 heavy (non-hydrogen) atoms. The Morgan fingerprint density at radius 3 is 2.28 bits per heavy atom. The van der Waals surface area contributed by atoms with Crippen LogP contribution in [0, 0.1) is 57.7 Å². The molecule has 0 aromatic carbocycles. The third-order valence-corrected chi connectivity index (χ3v) is 16.1. The number of nitrogens with zero attached hydrogens (tertiary/aromatic N) is 2. The van der Waals surface area contributed by atoms with Crippen molar-refractivity contribution in [1.29, 1.82) is 0 Å². The van der Waals surface area contributed by atoms with Gasteiger partial charge in [0.2, 0.25) is 5.95 Å². The summed E-state index contributed by atoms with van der Waals surface area (Å²) in [7, 11) is 1.84. The number of nitrogens with two attached hydrogens (primary N) is 1. The number of urea groups is 1. The number of ether oxygens (including phenoxy) is 2. The fourth-order valence-electron chi connectivity index (χ4n) is 13.0. The predicted molar refractivity (Wildman–Crippen MR) is 296 cm³/mol. The number of aromatic amines is 1. The SMILES string of the molecule is CCC(CCOC(=O)N(C)C1CC(CNC(O)Nc2nc(C)cc(=O)[nH]2)CC(C)(C)C1)CC(C)(C)CC(CC)C(C)(C)CC(C)CCOC(=O)NC1CC(C)(C)CC(C)(CNC(=O)NC(N)NC(C)CCCO)C1. The summed E-state index contributed by atoms with van der Waals surface area (Å²) in [5.41, 5.74) is 6.24. The Kier molecular flexibility index (Phi) is 25.4. The third-order valence-electron chi connectivity index (χ3n) is 16.1. The maximum Gasteiger partial charge on any atom is 0.409 e. The number of H-pyrrole nitrogens is 1. The number of aromatic nitrogens is 2. The molecule has 0 aliphatic heterocycles. The summed E-state index contributed by atoms with van der Waals surface area (Å²) in [6, 6.07) is 1.01. The lowest BCUT2D eigenvalue weighted by Gasteiger charge is -2.46. The van der Waals surface area contributed by atoms with Gasteiger partial charge in [-0.1, -0.05) is 95.9 Å². The van der Waals surface area contributed by atoms with E-state index in [0.29, 0.717) is 62.6 Å². The Morgan fingerprint density at radius 2 is 1.64 bits per heavy atom. The first kappa shape index (κ1) is 64.6. The van der Waals surface area contributed by atoms with Gasteiger partial charge in [0.1, 0.15) is 6.29 Å². The number of aryl methyl sites for hydroxylation is 1. The predicted octanol–water partition coefficient (Wildman–Crippen LogP) is 8.91. The van der Waals surface area contributed by atoms with Gasteiger partial charge in [-0.2, -0.15) is 0 Å². The molecule has 428 valence electrons. The lowest BCUT2D eigenvalue weighted by molar-refractivity contribution is 0.0450. The van der Waals surface area contributed by atoms with E-state index in [4.69, 9.17) is 20.3 Å². The van der Waals surface area contributed by atoms with E-state index in [2.05, 4.69) is 125 Å². The molecular weight excluding hydrogens is 941 g/mol. The molecule has 3 rings (SSSR count). The van der Waals surface area contributed by atoms with Crippen LogP contribution in [0.3, 0.4) is 0 Å². The zero-order valence-corrected chi connectivity index (χ0v) is 48.7. The average Bonchev–Trinajstić information content (AvgIpc) is 3.26. The molecule has 0 radical (unpaired) electrons. The van der Waals surface area contributed by atoms with E-state index >= 15 is 0 Å². The minimum absolute atomic E-state index is 0.00286. The molecule has 0 spiro atoms. The Labute approximate surface area is 446 Å². The van der Waals surface area contributed by atoms with Gasteiger partial charge in [-0.3, -0.25) is 26.1 Å². The second kappa shape index (κ2) is 29.1. The number of hydrogen-bond donors (Lipinski definition) is 10. The molecule has 10 unspecified atom stereocenters. The molecule has 18 heteroatoms. The van der Waals surface area contributed by atoms with Crippen LogP contribution in [0.5, 0.6) is 0 Å². The molecule has 1 aromatic heterocycles. The first-order valence-corrected chi connectivity index (χ1v) is 28.1. The molecule has 2 fully saturated rings. The highest BCUT2D eigenvalue weighted by Gasteiger charge is 2.43. The number of aliphatic hydroxyl groups is 2. The van der Waals surface area contributed by atoms with Crippen molar-refractivity contribution in [2.45, 2.75) is 224 Å². The molecule has 2 aliphatic rings. The molecule has 2 aliphatic carbocycles. The molecule has 4 amide bonds. The smallest absolute Gasteiger partial charge is 0.409 e. The summed E-state index contributed by atoms with van der Waals surface area (Å²) >= 11 is 0. The number of alkyl carbamates (subject to hydrolysis) is 1. The van der Waals surface area contributed by atoms with Gasteiger partial charge >= 0.3 is 18.2 Å². The van der Waals surface area contributed by atoms with Gasteiger partial charge in [0.15, 0.2) is 6.35 Å². The van der Waals surface area contributed by atoms with E-state index in [9.17, 15) is 24.3 Å². The van der Waals surface area contributed by atoms with Crippen LogP contribution >= 0.6 is 0 Å². The molecule has 0 saturated heterocycles. The van der Waals surface area contributed by atoms with Crippen molar-refractivity contribution in [2.75, 3.05) is 45.3 Å². The number of hydrogen-bond acceptors (Lipinski definition) is 13. The maximum absolute atomic E-state index is 13.5. The van der Waals surface area contributed by atoms with E-state index in [1.165, 1.54) is 6.07 Å². The summed E-state index contributed by atoms with van der Waals surface area (Å²) < 4.78 is 11.8. The normalized spacial score (nSPS) is 23.3. The van der Waals surface area contributed by atoms with Crippen LogP contribution in [0.1, 0.15) is 192 Å². The van der Waals surface area contributed by atoms with Crippen LogP contribution in [0.2, 0.25) is 0 Å². The Balaban J connectivity index is 1.42. The number of carbonyl (C=O) groups is 3.